The summed E-state index contributed by atoms with van der Waals surface area (Å²) < 4.78 is 1.82. The molecule has 8 nitrogen and oxygen atoms in total. The predicted octanol–water partition coefficient (Wildman–Crippen LogP) is 0.574. The van der Waals surface area contributed by atoms with E-state index >= 15 is 0 Å². The smallest absolute Gasteiger partial charge is 0.246 e. The van der Waals surface area contributed by atoms with Crippen molar-refractivity contribution >= 4 is 28.6 Å². The minimum absolute atomic E-state index is 0.0330. The summed E-state index contributed by atoms with van der Waals surface area (Å²) in [4.78, 5) is 41.7. The van der Waals surface area contributed by atoms with Crippen LogP contribution in [0.25, 0.3) is 10.9 Å². The van der Waals surface area contributed by atoms with Crippen LogP contribution in [0.2, 0.25) is 0 Å². The molecule has 1 aliphatic heterocycles. The summed E-state index contributed by atoms with van der Waals surface area (Å²) in [6, 6.07) is 7.24. The standard InChI is InChI=1S/C19H25N5O3/c1-14(25)23-11-10-22(13-17(23)19(27)21(2)3)18(26)8-9-24-16-7-5-4-6-15(16)12-20-24/h4-7,12,17H,8-11,13H2,1-3H3. The Labute approximate surface area is 158 Å². The van der Waals surface area contributed by atoms with Gasteiger partial charge >= 0.3 is 0 Å². The van der Waals surface area contributed by atoms with Gasteiger partial charge in [-0.15, -0.1) is 0 Å². The van der Waals surface area contributed by atoms with E-state index in [1.807, 2.05) is 28.9 Å². The van der Waals surface area contributed by atoms with Gasteiger partial charge < -0.3 is 14.7 Å². The highest BCUT2D eigenvalue weighted by Crippen LogP contribution is 2.16. The van der Waals surface area contributed by atoms with E-state index in [9.17, 15) is 14.4 Å². The molecular weight excluding hydrogens is 346 g/mol. The SMILES string of the molecule is CC(=O)N1CCN(C(=O)CCn2ncc3ccccc32)CC1C(=O)N(C)C. The number of carbonyl (C=O) groups is 3. The summed E-state index contributed by atoms with van der Waals surface area (Å²) >= 11 is 0. The quantitative estimate of drug-likeness (QED) is 0.787. The molecule has 27 heavy (non-hydrogen) atoms. The van der Waals surface area contributed by atoms with Crippen LogP contribution >= 0.6 is 0 Å². The van der Waals surface area contributed by atoms with Crippen molar-refractivity contribution in [2.45, 2.75) is 25.9 Å². The van der Waals surface area contributed by atoms with Crippen molar-refractivity contribution in [3.8, 4) is 0 Å². The third-order valence-electron chi connectivity index (χ3n) is 4.95. The normalized spacial score (nSPS) is 17.2. The lowest BCUT2D eigenvalue weighted by molar-refractivity contribution is -0.150. The Bertz CT molecular complexity index is 860. The van der Waals surface area contributed by atoms with Gasteiger partial charge in [-0.25, -0.2) is 0 Å². The van der Waals surface area contributed by atoms with Crippen molar-refractivity contribution in [2.24, 2.45) is 0 Å². The maximum atomic E-state index is 12.7. The first kappa shape index (κ1) is 18.9. The van der Waals surface area contributed by atoms with Crippen LogP contribution in [0, 0.1) is 0 Å². The van der Waals surface area contributed by atoms with Gasteiger partial charge in [-0.05, 0) is 6.07 Å². The molecular formula is C19H25N5O3. The average Bonchev–Trinajstić information content (AvgIpc) is 3.08. The Morgan fingerprint density at radius 3 is 2.63 bits per heavy atom. The highest BCUT2D eigenvalue weighted by atomic mass is 16.2. The minimum atomic E-state index is -0.624. The van der Waals surface area contributed by atoms with Gasteiger partial charge in [0, 0.05) is 45.9 Å². The molecule has 2 heterocycles. The zero-order valence-corrected chi connectivity index (χ0v) is 16.0. The lowest BCUT2D eigenvalue weighted by Gasteiger charge is -2.41. The number of fused-ring (bicyclic) bond motifs is 1. The summed E-state index contributed by atoms with van der Waals surface area (Å²) in [5, 5.41) is 5.38. The molecule has 8 heteroatoms. The number of aryl methyl sites for hydroxylation is 1. The summed E-state index contributed by atoms with van der Waals surface area (Å²) in [6.07, 6.45) is 2.09. The number of carbonyl (C=O) groups excluding carboxylic acids is 3. The molecule has 0 spiro atoms. The Hall–Kier alpha value is -2.90. The van der Waals surface area contributed by atoms with Crippen molar-refractivity contribution < 1.29 is 14.4 Å². The largest absolute Gasteiger partial charge is 0.347 e. The van der Waals surface area contributed by atoms with Crippen LogP contribution in [0.5, 0.6) is 0 Å². The van der Waals surface area contributed by atoms with Crippen molar-refractivity contribution in [1.82, 2.24) is 24.5 Å². The number of hydrogen-bond acceptors (Lipinski definition) is 4. The van der Waals surface area contributed by atoms with Crippen molar-refractivity contribution in [2.75, 3.05) is 33.7 Å². The minimum Gasteiger partial charge on any atom is -0.347 e. The lowest BCUT2D eigenvalue weighted by Crippen LogP contribution is -2.61. The zero-order chi connectivity index (χ0) is 19.6. The fourth-order valence-corrected chi connectivity index (χ4v) is 3.46. The molecule has 3 rings (SSSR count). The molecule has 1 unspecified atom stereocenters. The fraction of sp³-hybridized carbons (Fsp3) is 0.474. The maximum absolute atomic E-state index is 12.7. The van der Waals surface area contributed by atoms with Crippen LogP contribution in [-0.4, -0.2) is 82.0 Å². The molecule has 1 aromatic carbocycles. The molecule has 0 bridgehead atoms. The monoisotopic (exact) mass is 371 g/mol. The summed E-state index contributed by atoms with van der Waals surface area (Å²) in [7, 11) is 3.31. The number of hydrogen-bond donors (Lipinski definition) is 0. The number of benzene rings is 1. The number of aromatic nitrogens is 2. The van der Waals surface area contributed by atoms with Crippen LogP contribution in [0.15, 0.2) is 30.5 Å². The molecule has 0 saturated carbocycles. The molecule has 1 aromatic heterocycles. The van der Waals surface area contributed by atoms with E-state index in [1.54, 1.807) is 30.1 Å². The summed E-state index contributed by atoms with van der Waals surface area (Å²) in [5.41, 5.74) is 0.993. The molecule has 1 saturated heterocycles. The lowest BCUT2D eigenvalue weighted by atomic mass is 10.1. The molecule has 144 valence electrons. The Morgan fingerprint density at radius 2 is 1.93 bits per heavy atom. The van der Waals surface area contributed by atoms with Gasteiger partial charge in [-0.2, -0.15) is 5.10 Å². The van der Waals surface area contributed by atoms with Crippen LogP contribution < -0.4 is 0 Å². The van der Waals surface area contributed by atoms with E-state index in [2.05, 4.69) is 5.10 Å². The third-order valence-corrected chi connectivity index (χ3v) is 4.95. The van der Waals surface area contributed by atoms with E-state index in [-0.39, 0.29) is 24.3 Å². The van der Waals surface area contributed by atoms with Gasteiger partial charge in [0.15, 0.2) is 0 Å². The molecule has 0 radical (unpaired) electrons. The number of amides is 3. The Kier molecular flexibility index (Phi) is 5.43. The first-order valence-electron chi connectivity index (χ1n) is 9.05. The number of piperazine rings is 1. The molecule has 3 amide bonds. The van der Waals surface area contributed by atoms with E-state index in [0.717, 1.165) is 10.9 Å². The second-order valence-electron chi connectivity index (χ2n) is 6.98. The molecule has 0 aliphatic carbocycles. The molecule has 1 fully saturated rings. The Morgan fingerprint density at radius 1 is 1.19 bits per heavy atom. The van der Waals surface area contributed by atoms with Crippen molar-refractivity contribution in [1.29, 1.82) is 0 Å². The molecule has 2 aromatic rings. The van der Waals surface area contributed by atoms with E-state index in [1.165, 1.54) is 11.8 Å². The average molecular weight is 371 g/mol. The zero-order valence-electron chi connectivity index (χ0n) is 16.0. The first-order chi connectivity index (χ1) is 12.9. The van der Waals surface area contributed by atoms with Gasteiger partial charge in [0.1, 0.15) is 6.04 Å². The van der Waals surface area contributed by atoms with Gasteiger partial charge in [-0.1, -0.05) is 18.2 Å². The number of para-hydroxylation sites is 1. The van der Waals surface area contributed by atoms with Crippen LogP contribution in [0.1, 0.15) is 13.3 Å². The maximum Gasteiger partial charge on any atom is 0.246 e. The Balaban J connectivity index is 1.66. The topological polar surface area (TPSA) is 78.8 Å². The van der Waals surface area contributed by atoms with Crippen molar-refractivity contribution in [3.05, 3.63) is 30.5 Å². The molecule has 0 N–H and O–H groups in total. The number of likely N-dealkylation sites (N-methyl/N-ethyl adjacent to an activating group) is 1. The highest BCUT2D eigenvalue weighted by Gasteiger charge is 2.36. The van der Waals surface area contributed by atoms with E-state index < -0.39 is 6.04 Å². The second-order valence-corrected chi connectivity index (χ2v) is 6.98. The van der Waals surface area contributed by atoms with Gasteiger partial charge in [0.05, 0.1) is 24.8 Å². The highest BCUT2D eigenvalue weighted by molar-refractivity contribution is 5.88. The predicted molar refractivity (Wildman–Crippen MR) is 101 cm³/mol. The van der Waals surface area contributed by atoms with Crippen molar-refractivity contribution in [3.63, 3.8) is 0 Å². The number of nitrogens with zero attached hydrogens (tertiary/aromatic N) is 5. The van der Waals surface area contributed by atoms with E-state index in [0.29, 0.717) is 26.1 Å². The summed E-state index contributed by atoms with van der Waals surface area (Å²) in [6.45, 7) is 2.97. The number of rotatable bonds is 4. The van der Waals surface area contributed by atoms with E-state index in [4.69, 9.17) is 0 Å². The van der Waals surface area contributed by atoms with Gasteiger partial charge in [0.2, 0.25) is 17.7 Å². The third kappa shape index (κ3) is 3.94. The molecule has 1 atom stereocenters. The van der Waals surface area contributed by atoms with Gasteiger partial charge in [-0.3, -0.25) is 19.1 Å². The van der Waals surface area contributed by atoms with Crippen LogP contribution in [-0.2, 0) is 20.9 Å². The second kappa shape index (κ2) is 7.77. The fourth-order valence-electron chi connectivity index (χ4n) is 3.46. The van der Waals surface area contributed by atoms with Crippen LogP contribution in [0.4, 0.5) is 0 Å². The first-order valence-corrected chi connectivity index (χ1v) is 9.05. The summed E-state index contributed by atoms with van der Waals surface area (Å²) in [5.74, 6) is -0.347. The van der Waals surface area contributed by atoms with Crippen LogP contribution in [0.3, 0.4) is 0 Å². The molecule has 1 aliphatic rings. The van der Waals surface area contributed by atoms with Gasteiger partial charge in [0.25, 0.3) is 0 Å².